The molecule has 1 aromatic carbocycles. The summed E-state index contributed by atoms with van der Waals surface area (Å²) in [4.78, 5) is 42.0. The Morgan fingerprint density at radius 3 is 2.48 bits per heavy atom. The van der Waals surface area contributed by atoms with Crippen LogP contribution in [0.15, 0.2) is 28.7 Å². The third-order valence-electron chi connectivity index (χ3n) is 9.92. The van der Waals surface area contributed by atoms with Crippen LogP contribution in [0.4, 0.5) is 4.39 Å². The molecule has 2 aromatic rings. The number of hydrogen-bond acceptors (Lipinski definition) is 5. The summed E-state index contributed by atoms with van der Waals surface area (Å²) in [6.07, 6.45) is 10.4. The number of halogens is 1. The quantitative estimate of drug-likeness (QED) is 0.315. The highest BCUT2D eigenvalue weighted by molar-refractivity contribution is 5.94. The van der Waals surface area contributed by atoms with Crippen LogP contribution in [-0.2, 0) is 20.7 Å². The number of esters is 1. The maximum atomic E-state index is 14.0. The SMILES string of the molecule is CCOC(=O)c1cc2cc(CC(=O)[C@@H]3[C@H](C4CCCCC4)CCN3C(=O)C3CCC(C(C)CF)CC3)ccc2o1. The summed E-state index contributed by atoms with van der Waals surface area (Å²) in [6, 6.07) is 6.87. The molecule has 0 spiro atoms. The molecule has 1 aliphatic heterocycles. The van der Waals surface area contributed by atoms with Crippen molar-refractivity contribution in [3.63, 3.8) is 0 Å². The van der Waals surface area contributed by atoms with E-state index in [-0.39, 0.29) is 60.9 Å². The van der Waals surface area contributed by atoms with Crippen molar-refractivity contribution >= 4 is 28.6 Å². The van der Waals surface area contributed by atoms with Crippen molar-refractivity contribution in [1.82, 2.24) is 4.90 Å². The summed E-state index contributed by atoms with van der Waals surface area (Å²) in [7, 11) is 0. The Kier molecular flexibility index (Phi) is 9.27. The standard InChI is InChI=1S/C33H44FNO5/c1-3-39-33(38)30-19-26-17-22(9-14-29(26)40-30)18-28(36)31-27(24-7-5-4-6-8-24)15-16-35(31)32(37)25-12-10-23(11-13-25)21(2)20-34/h9,14,17,19,21,23-25,27,31H,3-8,10-13,15-16,18,20H2,1-2H3/t21?,23?,25?,27-,31-/m0/s1. The van der Waals surface area contributed by atoms with Gasteiger partial charge >= 0.3 is 5.97 Å². The molecule has 1 aromatic heterocycles. The average molecular weight is 554 g/mol. The lowest BCUT2D eigenvalue weighted by Gasteiger charge is -2.37. The Morgan fingerprint density at radius 2 is 1.77 bits per heavy atom. The fourth-order valence-corrected chi connectivity index (χ4v) is 7.64. The molecule has 3 fully saturated rings. The van der Waals surface area contributed by atoms with E-state index in [2.05, 4.69) is 0 Å². The number of carbonyl (C=O) groups excluding carboxylic acids is 3. The first-order chi connectivity index (χ1) is 19.4. The monoisotopic (exact) mass is 553 g/mol. The molecule has 1 amide bonds. The molecule has 0 N–H and O–H groups in total. The van der Waals surface area contributed by atoms with E-state index in [0.717, 1.165) is 55.9 Å². The smallest absolute Gasteiger partial charge is 0.374 e. The third kappa shape index (κ3) is 6.13. The van der Waals surface area contributed by atoms with Gasteiger partial charge in [-0.1, -0.05) is 45.1 Å². The zero-order valence-corrected chi connectivity index (χ0v) is 24.0. The van der Waals surface area contributed by atoms with Crippen LogP contribution in [0, 0.1) is 29.6 Å². The van der Waals surface area contributed by atoms with Crippen molar-refractivity contribution in [3.05, 3.63) is 35.6 Å². The number of alkyl halides is 1. The van der Waals surface area contributed by atoms with Crippen LogP contribution in [0.2, 0.25) is 0 Å². The molecular weight excluding hydrogens is 509 g/mol. The minimum Gasteiger partial charge on any atom is -0.460 e. The van der Waals surface area contributed by atoms with Gasteiger partial charge in [0.05, 0.1) is 19.3 Å². The maximum Gasteiger partial charge on any atom is 0.374 e. The van der Waals surface area contributed by atoms with E-state index in [1.165, 1.54) is 19.3 Å². The van der Waals surface area contributed by atoms with E-state index in [0.29, 0.717) is 24.0 Å². The Bertz CT molecular complexity index is 1190. The Balaban J connectivity index is 1.33. The van der Waals surface area contributed by atoms with Crippen LogP contribution < -0.4 is 0 Å². The second kappa shape index (κ2) is 12.9. The van der Waals surface area contributed by atoms with Gasteiger partial charge in [-0.3, -0.25) is 14.0 Å². The first-order valence-corrected chi connectivity index (χ1v) is 15.5. The van der Waals surface area contributed by atoms with Gasteiger partial charge in [-0.2, -0.15) is 0 Å². The minimum atomic E-state index is -0.500. The number of carbonyl (C=O) groups is 3. The molecule has 2 saturated carbocycles. The number of ketones is 1. The highest BCUT2D eigenvalue weighted by Crippen LogP contribution is 2.42. The molecule has 6 nitrogen and oxygen atoms in total. The first kappa shape index (κ1) is 28.8. The lowest BCUT2D eigenvalue weighted by molar-refractivity contribution is -0.143. The molecular formula is C33H44FNO5. The van der Waals surface area contributed by atoms with Crippen LogP contribution in [0.5, 0.6) is 0 Å². The van der Waals surface area contributed by atoms with Crippen LogP contribution >= 0.6 is 0 Å². The summed E-state index contributed by atoms with van der Waals surface area (Å²) in [6.45, 7) is 4.34. The molecule has 1 unspecified atom stereocenters. The maximum absolute atomic E-state index is 14.0. The Morgan fingerprint density at radius 1 is 1.02 bits per heavy atom. The molecule has 40 heavy (non-hydrogen) atoms. The van der Waals surface area contributed by atoms with Gasteiger partial charge in [-0.15, -0.1) is 0 Å². The second-order valence-corrected chi connectivity index (χ2v) is 12.4. The molecule has 0 radical (unpaired) electrons. The number of hydrogen-bond donors (Lipinski definition) is 0. The van der Waals surface area contributed by atoms with Crippen molar-refractivity contribution in [2.45, 2.75) is 90.5 Å². The second-order valence-electron chi connectivity index (χ2n) is 12.4. The third-order valence-corrected chi connectivity index (χ3v) is 9.92. The average Bonchev–Trinajstić information content (AvgIpc) is 3.62. The van der Waals surface area contributed by atoms with Crippen molar-refractivity contribution in [3.8, 4) is 0 Å². The van der Waals surface area contributed by atoms with E-state index < -0.39 is 5.97 Å². The summed E-state index contributed by atoms with van der Waals surface area (Å²) >= 11 is 0. The molecule has 2 aliphatic carbocycles. The van der Waals surface area contributed by atoms with Crippen LogP contribution in [0.1, 0.15) is 94.2 Å². The molecule has 7 heteroatoms. The Hall–Kier alpha value is -2.70. The number of furan rings is 1. The van der Waals surface area contributed by atoms with Gasteiger partial charge < -0.3 is 14.1 Å². The zero-order chi connectivity index (χ0) is 28.2. The van der Waals surface area contributed by atoms with E-state index in [9.17, 15) is 18.8 Å². The molecule has 3 aliphatic rings. The van der Waals surface area contributed by atoms with Crippen molar-refractivity contribution in [1.29, 1.82) is 0 Å². The number of amides is 1. The lowest BCUT2D eigenvalue weighted by Crippen LogP contribution is -2.48. The summed E-state index contributed by atoms with van der Waals surface area (Å²) in [5, 5.41) is 0.760. The highest BCUT2D eigenvalue weighted by atomic mass is 19.1. The highest BCUT2D eigenvalue weighted by Gasteiger charge is 2.46. The van der Waals surface area contributed by atoms with Crippen molar-refractivity contribution < 1.29 is 27.9 Å². The fraction of sp³-hybridized carbons (Fsp3) is 0.667. The number of nitrogens with zero attached hydrogens (tertiary/aromatic N) is 1. The number of likely N-dealkylation sites (tertiary alicyclic amines) is 1. The summed E-state index contributed by atoms with van der Waals surface area (Å²) in [5.41, 5.74) is 1.44. The van der Waals surface area contributed by atoms with Crippen LogP contribution in [0.3, 0.4) is 0 Å². The number of Topliss-reactive ketones (excluding diaryl/α,β-unsaturated/α-hetero) is 1. The number of rotatable bonds is 9. The molecule has 0 bridgehead atoms. The van der Waals surface area contributed by atoms with Gasteiger partial charge in [0.15, 0.2) is 5.78 Å². The van der Waals surface area contributed by atoms with Gasteiger partial charge in [-0.25, -0.2) is 4.79 Å². The molecule has 1 saturated heterocycles. The topological polar surface area (TPSA) is 76.8 Å². The fourth-order valence-electron chi connectivity index (χ4n) is 7.64. The number of fused-ring (bicyclic) bond motifs is 1. The van der Waals surface area contributed by atoms with Gasteiger partial charge in [0.2, 0.25) is 11.7 Å². The molecule has 3 atom stereocenters. The van der Waals surface area contributed by atoms with Crippen molar-refractivity contribution in [2.75, 3.05) is 19.8 Å². The number of ether oxygens (including phenoxy) is 1. The molecule has 2 heterocycles. The van der Waals surface area contributed by atoms with Crippen molar-refractivity contribution in [2.24, 2.45) is 29.6 Å². The summed E-state index contributed by atoms with van der Waals surface area (Å²) in [5.74, 6) is 0.934. The normalized spacial score (nSPS) is 26.6. The van der Waals surface area contributed by atoms with E-state index in [1.54, 1.807) is 19.1 Å². The Labute approximate surface area is 237 Å². The lowest BCUT2D eigenvalue weighted by atomic mass is 9.74. The number of benzene rings is 1. The van der Waals surface area contributed by atoms with E-state index in [4.69, 9.17) is 9.15 Å². The van der Waals surface area contributed by atoms with Gasteiger partial charge in [0, 0.05) is 24.3 Å². The predicted octanol–water partition coefficient (Wildman–Crippen LogP) is 6.93. The predicted molar refractivity (Wildman–Crippen MR) is 152 cm³/mol. The van der Waals surface area contributed by atoms with E-state index >= 15 is 0 Å². The molecule has 218 valence electrons. The van der Waals surface area contributed by atoms with Gasteiger partial charge in [0.1, 0.15) is 5.58 Å². The summed E-state index contributed by atoms with van der Waals surface area (Å²) < 4.78 is 23.9. The van der Waals surface area contributed by atoms with Gasteiger partial charge in [0.25, 0.3) is 0 Å². The zero-order valence-electron chi connectivity index (χ0n) is 24.0. The van der Waals surface area contributed by atoms with Crippen LogP contribution in [-0.4, -0.2) is 48.4 Å². The largest absolute Gasteiger partial charge is 0.460 e. The molecule has 5 rings (SSSR count). The first-order valence-electron chi connectivity index (χ1n) is 15.5. The van der Waals surface area contributed by atoms with Gasteiger partial charge in [-0.05, 0) is 86.5 Å². The van der Waals surface area contributed by atoms with Crippen LogP contribution in [0.25, 0.3) is 11.0 Å². The minimum absolute atomic E-state index is 0.0498. The van der Waals surface area contributed by atoms with E-state index in [1.807, 2.05) is 24.0 Å².